The van der Waals surface area contributed by atoms with Crippen LogP contribution in [0.5, 0.6) is 0 Å². The summed E-state index contributed by atoms with van der Waals surface area (Å²) in [5.74, 6) is -0.0391. The van der Waals surface area contributed by atoms with Gasteiger partial charge in [0.15, 0.2) is 0 Å². The quantitative estimate of drug-likeness (QED) is 0.0321. The molecule has 0 heterocycles. The van der Waals surface area contributed by atoms with Gasteiger partial charge in [-0.15, -0.1) is 0 Å². The van der Waals surface area contributed by atoms with Crippen LogP contribution in [0.2, 0.25) is 0 Å². The molecule has 0 aliphatic carbocycles. The van der Waals surface area contributed by atoms with Crippen LogP contribution in [-0.2, 0) is 14.3 Å². The van der Waals surface area contributed by atoms with Crippen molar-refractivity contribution in [1.82, 2.24) is 5.32 Å². The Hall–Kier alpha value is -1.66. The SMILES string of the molecule is CCCCC/C=C\C/C=C\CCCCCCCCCC(=O)OCCCCCCCCCCCCCCCCCCCCCC(=O)NC(CO)C(O)CCCCCCCCCCC. The molecule has 0 saturated heterocycles. The number of amides is 1. The van der Waals surface area contributed by atoms with E-state index in [9.17, 15) is 19.8 Å². The van der Waals surface area contributed by atoms with E-state index in [4.69, 9.17) is 4.74 Å². The van der Waals surface area contributed by atoms with Crippen molar-refractivity contribution in [3.8, 4) is 0 Å². The molecule has 2 atom stereocenters. The van der Waals surface area contributed by atoms with Crippen molar-refractivity contribution in [2.45, 2.75) is 309 Å². The summed E-state index contributed by atoms with van der Waals surface area (Å²) in [5.41, 5.74) is 0. The largest absolute Gasteiger partial charge is 0.466 e. The minimum absolute atomic E-state index is 0.00111. The normalized spacial score (nSPS) is 12.8. The van der Waals surface area contributed by atoms with Crippen molar-refractivity contribution in [1.29, 1.82) is 0 Å². The molecule has 1 amide bonds. The summed E-state index contributed by atoms with van der Waals surface area (Å²) in [7, 11) is 0. The summed E-state index contributed by atoms with van der Waals surface area (Å²) in [5, 5.41) is 23.1. The summed E-state index contributed by atoms with van der Waals surface area (Å²) in [6.45, 7) is 4.90. The lowest BCUT2D eigenvalue weighted by Gasteiger charge is -2.22. The van der Waals surface area contributed by atoms with Crippen molar-refractivity contribution in [3.05, 3.63) is 24.3 Å². The number of esters is 1. The molecule has 0 aliphatic rings. The molecule has 0 radical (unpaired) electrons. The molecular weight excluding hydrogens is 767 g/mol. The van der Waals surface area contributed by atoms with E-state index in [-0.39, 0.29) is 18.5 Å². The fraction of sp³-hybridized carbons (Fsp3) is 0.893. The summed E-state index contributed by atoms with van der Waals surface area (Å²) < 4.78 is 5.48. The molecule has 6 nitrogen and oxygen atoms in total. The van der Waals surface area contributed by atoms with E-state index in [0.717, 1.165) is 51.4 Å². The molecule has 0 rings (SSSR count). The second kappa shape index (κ2) is 52.0. The predicted molar refractivity (Wildman–Crippen MR) is 269 cm³/mol. The Morgan fingerprint density at radius 1 is 0.452 bits per heavy atom. The number of hydrogen-bond donors (Lipinski definition) is 3. The van der Waals surface area contributed by atoms with Gasteiger partial charge in [0.2, 0.25) is 5.91 Å². The molecule has 0 aromatic heterocycles. The third-order valence-corrected chi connectivity index (χ3v) is 12.8. The Morgan fingerprint density at radius 3 is 1.26 bits per heavy atom. The minimum Gasteiger partial charge on any atom is -0.466 e. The highest BCUT2D eigenvalue weighted by Gasteiger charge is 2.20. The molecule has 2 unspecified atom stereocenters. The average molecular weight is 874 g/mol. The summed E-state index contributed by atoms with van der Waals surface area (Å²) >= 11 is 0. The van der Waals surface area contributed by atoms with Gasteiger partial charge in [-0.25, -0.2) is 0 Å². The molecule has 3 N–H and O–H groups in total. The van der Waals surface area contributed by atoms with Crippen molar-refractivity contribution in [2.24, 2.45) is 0 Å². The van der Waals surface area contributed by atoms with Gasteiger partial charge in [-0.05, 0) is 57.8 Å². The molecule has 0 fully saturated rings. The van der Waals surface area contributed by atoms with Gasteiger partial charge in [0.25, 0.3) is 0 Å². The van der Waals surface area contributed by atoms with Gasteiger partial charge in [-0.2, -0.15) is 0 Å². The van der Waals surface area contributed by atoms with Crippen LogP contribution in [0, 0.1) is 0 Å². The first kappa shape index (κ1) is 60.3. The third kappa shape index (κ3) is 47.8. The number of nitrogens with one attached hydrogen (secondary N) is 1. The smallest absolute Gasteiger partial charge is 0.305 e. The Balaban J connectivity index is 3.37. The van der Waals surface area contributed by atoms with Gasteiger partial charge in [-0.1, -0.05) is 250 Å². The summed E-state index contributed by atoms with van der Waals surface area (Å²) in [6, 6.07) is -0.541. The van der Waals surface area contributed by atoms with E-state index in [1.807, 2.05) is 0 Å². The lowest BCUT2D eigenvalue weighted by molar-refractivity contribution is -0.143. The highest BCUT2D eigenvalue weighted by Crippen LogP contribution is 2.17. The summed E-state index contributed by atoms with van der Waals surface area (Å²) in [6.07, 6.45) is 61.7. The maximum absolute atomic E-state index is 12.4. The Bertz CT molecular complexity index is 966. The Labute approximate surface area is 386 Å². The first-order chi connectivity index (χ1) is 30.5. The Kier molecular flexibility index (Phi) is 50.6. The number of ether oxygens (including phenoxy) is 1. The van der Waals surface area contributed by atoms with Gasteiger partial charge in [-0.3, -0.25) is 9.59 Å². The lowest BCUT2D eigenvalue weighted by Crippen LogP contribution is -2.45. The van der Waals surface area contributed by atoms with E-state index in [0.29, 0.717) is 25.9 Å². The van der Waals surface area contributed by atoms with Crippen molar-refractivity contribution < 1.29 is 24.5 Å². The predicted octanol–water partition coefficient (Wildman–Crippen LogP) is 16.7. The standard InChI is InChI=1S/C56H107NO5/c1-3-5-7-9-11-13-14-15-16-20-24-27-30-34-38-42-46-50-56(61)62-51-47-43-39-35-31-28-25-22-19-17-18-21-23-26-29-33-37-41-45-49-55(60)57-53(52-58)54(59)48-44-40-36-32-12-10-8-6-4-2/h11,13,15-16,53-54,58-59H,3-10,12,14,17-52H2,1-2H3,(H,57,60)/b13-11-,16-15-. The second-order valence-corrected chi connectivity index (χ2v) is 18.9. The van der Waals surface area contributed by atoms with Crippen LogP contribution >= 0.6 is 0 Å². The number of aliphatic hydroxyl groups excluding tert-OH is 2. The highest BCUT2D eigenvalue weighted by molar-refractivity contribution is 5.76. The molecule has 0 aromatic carbocycles. The molecule has 6 heteroatoms. The van der Waals surface area contributed by atoms with Gasteiger partial charge in [0, 0.05) is 12.8 Å². The number of carbonyl (C=O) groups is 2. The van der Waals surface area contributed by atoms with Crippen LogP contribution < -0.4 is 5.32 Å². The van der Waals surface area contributed by atoms with Gasteiger partial charge < -0.3 is 20.3 Å². The van der Waals surface area contributed by atoms with Crippen LogP contribution in [0.1, 0.15) is 296 Å². The topological polar surface area (TPSA) is 95.9 Å². The van der Waals surface area contributed by atoms with Crippen molar-refractivity contribution >= 4 is 11.9 Å². The van der Waals surface area contributed by atoms with Crippen LogP contribution in [0.4, 0.5) is 0 Å². The second-order valence-electron chi connectivity index (χ2n) is 18.9. The van der Waals surface area contributed by atoms with E-state index < -0.39 is 12.1 Å². The molecule has 0 aliphatic heterocycles. The number of rotatable bonds is 51. The van der Waals surface area contributed by atoms with E-state index >= 15 is 0 Å². The van der Waals surface area contributed by atoms with E-state index in [2.05, 4.69) is 43.5 Å². The molecular formula is C56H107NO5. The van der Waals surface area contributed by atoms with E-state index in [1.165, 1.54) is 212 Å². The zero-order valence-electron chi connectivity index (χ0n) is 41.6. The van der Waals surface area contributed by atoms with Crippen LogP contribution in [0.25, 0.3) is 0 Å². The van der Waals surface area contributed by atoms with Gasteiger partial charge in [0.1, 0.15) is 0 Å². The number of hydrogen-bond acceptors (Lipinski definition) is 5. The molecule has 366 valence electrons. The molecule has 0 aromatic rings. The maximum atomic E-state index is 12.4. The first-order valence-electron chi connectivity index (χ1n) is 27.6. The lowest BCUT2D eigenvalue weighted by atomic mass is 10.0. The zero-order chi connectivity index (χ0) is 45.1. The minimum atomic E-state index is -0.664. The van der Waals surface area contributed by atoms with Crippen molar-refractivity contribution in [2.75, 3.05) is 13.2 Å². The number of allylic oxidation sites excluding steroid dienone is 4. The molecule has 0 bridgehead atoms. The first-order valence-corrected chi connectivity index (χ1v) is 27.6. The van der Waals surface area contributed by atoms with Gasteiger partial charge >= 0.3 is 5.97 Å². The van der Waals surface area contributed by atoms with Gasteiger partial charge in [0.05, 0.1) is 25.4 Å². The van der Waals surface area contributed by atoms with Crippen LogP contribution in [0.3, 0.4) is 0 Å². The fourth-order valence-electron chi connectivity index (χ4n) is 8.49. The van der Waals surface area contributed by atoms with Crippen LogP contribution in [-0.4, -0.2) is 47.4 Å². The average Bonchev–Trinajstić information content (AvgIpc) is 3.27. The van der Waals surface area contributed by atoms with E-state index in [1.54, 1.807) is 0 Å². The molecule has 0 spiro atoms. The zero-order valence-corrected chi connectivity index (χ0v) is 41.6. The number of unbranched alkanes of at least 4 members (excludes halogenated alkanes) is 36. The Morgan fingerprint density at radius 2 is 0.806 bits per heavy atom. The number of aliphatic hydroxyl groups is 2. The third-order valence-electron chi connectivity index (χ3n) is 12.8. The highest BCUT2D eigenvalue weighted by atomic mass is 16.5. The van der Waals surface area contributed by atoms with Crippen molar-refractivity contribution in [3.63, 3.8) is 0 Å². The summed E-state index contributed by atoms with van der Waals surface area (Å²) in [4.78, 5) is 24.5. The monoisotopic (exact) mass is 874 g/mol. The molecule has 62 heavy (non-hydrogen) atoms. The maximum Gasteiger partial charge on any atom is 0.305 e. The van der Waals surface area contributed by atoms with Crippen LogP contribution in [0.15, 0.2) is 24.3 Å². The number of carbonyl (C=O) groups excluding carboxylic acids is 2. The fourth-order valence-corrected chi connectivity index (χ4v) is 8.49. The molecule has 0 saturated carbocycles.